The van der Waals surface area contributed by atoms with Crippen molar-refractivity contribution in [2.75, 3.05) is 6.61 Å². The molecular weight excluding hydrogens is 244 g/mol. The summed E-state index contributed by atoms with van der Waals surface area (Å²) in [5, 5.41) is 48.0. The van der Waals surface area contributed by atoms with E-state index in [9.17, 15) is 25.2 Å². The van der Waals surface area contributed by atoms with Gasteiger partial charge in [-0.3, -0.25) is 0 Å². The smallest absolute Gasteiger partial charge is 0.204 e. The van der Waals surface area contributed by atoms with E-state index < -0.39 is 49.0 Å². The number of carbonyl (C=O) groups is 1. The highest BCUT2D eigenvalue weighted by Crippen LogP contribution is 2.37. The molecule has 0 bridgehead atoms. The number of hydrogen-bond donors (Lipinski definition) is 5. The van der Waals surface area contributed by atoms with Crippen LogP contribution in [0.4, 0.5) is 0 Å². The summed E-state index contributed by atoms with van der Waals surface area (Å²) in [6.07, 6.45) is -7.03. The van der Waals surface area contributed by atoms with Crippen molar-refractivity contribution in [2.24, 2.45) is 5.92 Å². The fourth-order valence-electron chi connectivity index (χ4n) is 2.12. The van der Waals surface area contributed by atoms with Crippen LogP contribution in [0.1, 0.15) is 21.1 Å². The normalized spacial score (nSPS) is 40.3. The maximum absolute atomic E-state index is 11.2. The molecule has 7 nitrogen and oxygen atoms in total. The van der Waals surface area contributed by atoms with Gasteiger partial charge in [0.1, 0.15) is 32.0 Å². The van der Waals surface area contributed by atoms with Gasteiger partial charge < -0.3 is 35.1 Å². The molecule has 2 unspecified atom stereocenters. The van der Waals surface area contributed by atoms with Gasteiger partial charge >= 0.3 is 0 Å². The number of hydrogen-bond acceptors (Lipinski definition) is 7. The lowest BCUT2D eigenvalue weighted by atomic mass is 9.89. The first-order valence-electron chi connectivity index (χ1n) is 6.35. The van der Waals surface area contributed by atoms with Crippen LogP contribution in [0, 0.1) is 5.92 Å². The molecule has 0 aliphatic carbocycles. The number of aldehydes is 1. The van der Waals surface area contributed by atoms with Gasteiger partial charge in [-0.15, -0.1) is 0 Å². The van der Waals surface area contributed by atoms with Crippen LogP contribution in [0.5, 0.6) is 0 Å². The summed E-state index contributed by atoms with van der Waals surface area (Å²) in [7, 11) is 0. The number of aliphatic hydroxyl groups excluding tert-OH is 4. The summed E-state index contributed by atoms with van der Waals surface area (Å²) < 4.78 is 12.1. The summed E-state index contributed by atoms with van der Waals surface area (Å²) in [6.45, 7) is 0.981. The minimum atomic E-state index is -2.44. The highest BCUT2D eigenvalue weighted by atomic mass is 16.7. The second kappa shape index (κ2) is 6.05. The largest absolute Gasteiger partial charge is 0.394 e. The molecule has 5 N–H and O–H groups in total. The Labute approximate surface area is 106 Å². The molecule has 7 heteroatoms. The van der Waals surface area contributed by atoms with Crippen LogP contribution in [-0.2, 0) is 9.53 Å². The molecule has 1 saturated heterocycles. The molecule has 6 atom stereocenters. The van der Waals surface area contributed by atoms with Crippen LogP contribution in [0.15, 0.2) is 0 Å². The molecule has 1 rings (SSSR count). The van der Waals surface area contributed by atoms with Crippen molar-refractivity contribution in [3.63, 3.8) is 0 Å². The van der Waals surface area contributed by atoms with Gasteiger partial charge in [-0.1, -0.05) is 13.3 Å². The molecule has 1 heterocycles. The van der Waals surface area contributed by atoms with Crippen LogP contribution in [0.25, 0.3) is 0 Å². The number of ether oxygens (including phenoxy) is 1. The topological polar surface area (TPSA) is 127 Å². The number of rotatable bonds is 6. The third-order valence-corrected chi connectivity index (χ3v) is 3.19. The molecule has 0 radical (unpaired) electrons. The van der Waals surface area contributed by atoms with Crippen molar-refractivity contribution in [1.82, 2.24) is 0 Å². The standard InChI is InChI=1S/C11H20O7/c1-2-3-6(4-12)11(17)10(16)8(15)9(18-11)7(14)5-13/h4,6-10,13-17H,2-3,5H2,1H3/t6?,7-,8+,9+,10-,11?/m1/s1/i4D. The highest BCUT2D eigenvalue weighted by molar-refractivity contribution is 5.55. The van der Waals surface area contributed by atoms with Gasteiger partial charge in [0, 0.05) is 0 Å². The van der Waals surface area contributed by atoms with Gasteiger partial charge in [-0.2, -0.15) is 0 Å². The number of aliphatic hydroxyl groups is 5. The van der Waals surface area contributed by atoms with Crippen LogP contribution in [0.3, 0.4) is 0 Å². The predicted molar refractivity (Wildman–Crippen MR) is 59.4 cm³/mol. The average molecular weight is 265 g/mol. The number of carbonyl (C=O) groups excluding carboxylic acids is 1. The minimum Gasteiger partial charge on any atom is -0.394 e. The lowest BCUT2D eigenvalue weighted by Gasteiger charge is -2.31. The van der Waals surface area contributed by atoms with Crippen molar-refractivity contribution in [3.05, 3.63) is 0 Å². The van der Waals surface area contributed by atoms with Gasteiger partial charge in [-0.25, -0.2) is 0 Å². The van der Waals surface area contributed by atoms with Gasteiger partial charge in [0.15, 0.2) is 0 Å². The molecule has 106 valence electrons. The minimum absolute atomic E-state index is 0.0879. The third kappa shape index (κ3) is 2.56. The second-order valence-corrected chi connectivity index (χ2v) is 4.48. The van der Waals surface area contributed by atoms with Crippen molar-refractivity contribution in [3.8, 4) is 0 Å². The summed E-state index contributed by atoms with van der Waals surface area (Å²) in [4.78, 5) is 11.2. The van der Waals surface area contributed by atoms with Crippen LogP contribution >= 0.6 is 0 Å². The van der Waals surface area contributed by atoms with Crippen molar-refractivity contribution in [1.29, 1.82) is 0 Å². The molecule has 1 aliphatic heterocycles. The van der Waals surface area contributed by atoms with Crippen molar-refractivity contribution in [2.45, 2.75) is 50.0 Å². The molecule has 0 aromatic carbocycles. The average Bonchev–Trinajstić information content (AvgIpc) is 2.60. The molecule has 0 spiro atoms. The predicted octanol–water partition coefficient (Wildman–Crippen LogP) is -2.24. The second-order valence-electron chi connectivity index (χ2n) is 4.48. The van der Waals surface area contributed by atoms with Crippen molar-refractivity contribution < 1.29 is 36.4 Å². The van der Waals surface area contributed by atoms with Gasteiger partial charge in [0.05, 0.1) is 12.5 Å². The van der Waals surface area contributed by atoms with E-state index in [4.69, 9.17) is 11.2 Å². The Morgan fingerprint density at radius 2 is 2.17 bits per heavy atom. The Hall–Kier alpha value is -0.570. The Kier molecular flexibility index (Phi) is 4.66. The van der Waals surface area contributed by atoms with Crippen LogP contribution in [-0.4, -0.2) is 68.6 Å². The fourth-order valence-corrected chi connectivity index (χ4v) is 2.12. The Bertz CT molecular complexity index is 326. The van der Waals surface area contributed by atoms with Crippen molar-refractivity contribution >= 4 is 6.26 Å². The first-order chi connectivity index (χ1) is 8.79. The molecule has 1 aliphatic rings. The quantitative estimate of drug-likeness (QED) is 0.344. The van der Waals surface area contributed by atoms with Gasteiger partial charge in [0.25, 0.3) is 0 Å². The first kappa shape index (κ1) is 13.9. The molecule has 0 saturated carbocycles. The maximum Gasteiger partial charge on any atom is 0.204 e. The molecule has 0 aromatic heterocycles. The zero-order valence-corrected chi connectivity index (χ0v) is 10.1. The summed E-state index contributed by atoms with van der Waals surface area (Å²) >= 11 is 0. The zero-order chi connectivity index (χ0) is 14.8. The van der Waals surface area contributed by atoms with E-state index in [0.29, 0.717) is 6.42 Å². The van der Waals surface area contributed by atoms with E-state index in [2.05, 4.69) is 0 Å². The lowest BCUT2D eigenvalue weighted by Crippen LogP contribution is -2.49. The highest BCUT2D eigenvalue weighted by Gasteiger charge is 2.58. The van der Waals surface area contributed by atoms with E-state index in [0.717, 1.165) is 0 Å². The maximum atomic E-state index is 11.2. The van der Waals surface area contributed by atoms with E-state index in [1.165, 1.54) is 0 Å². The SMILES string of the molecule is [2H]C(=O)C(CCC)C1(O)O[C@@H]([C@H](O)CO)[C@H](O)[C@H]1O. The molecular formula is C11H20O7. The monoisotopic (exact) mass is 265 g/mol. The zero-order valence-electron chi connectivity index (χ0n) is 11.1. The molecule has 0 aromatic rings. The summed E-state index contributed by atoms with van der Waals surface area (Å²) in [5.74, 6) is -3.77. The Morgan fingerprint density at radius 3 is 2.61 bits per heavy atom. The third-order valence-electron chi connectivity index (χ3n) is 3.19. The Balaban J connectivity index is 3.00. The van der Waals surface area contributed by atoms with E-state index in [-0.39, 0.29) is 6.42 Å². The van der Waals surface area contributed by atoms with Gasteiger partial charge in [0.2, 0.25) is 5.79 Å². The van der Waals surface area contributed by atoms with Crippen LogP contribution < -0.4 is 0 Å². The van der Waals surface area contributed by atoms with E-state index in [1.807, 2.05) is 0 Å². The molecule has 18 heavy (non-hydrogen) atoms. The Morgan fingerprint density at radius 1 is 1.56 bits per heavy atom. The van der Waals surface area contributed by atoms with Crippen LogP contribution in [0.2, 0.25) is 0 Å². The fraction of sp³-hybridized carbons (Fsp3) is 0.909. The molecule has 0 amide bonds. The van der Waals surface area contributed by atoms with E-state index in [1.54, 1.807) is 6.92 Å². The molecule has 1 fully saturated rings. The van der Waals surface area contributed by atoms with E-state index >= 15 is 0 Å². The first-order valence-corrected chi connectivity index (χ1v) is 5.85. The summed E-state index contributed by atoms with van der Waals surface area (Å²) in [5.41, 5.74) is 0. The lowest BCUT2D eigenvalue weighted by molar-refractivity contribution is -0.261. The summed E-state index contributed by atoms with van der Waals surface area (Å²) in [6, 6.07) is 0. The van der Waals surface area contributed by atoms with Gasteiger partial charge in [-0.05, 0) is 6.42 Å².